The molecule has 1 atom stereocenters. The van der Waals surface area contributed by atoms with Gasteiger partial charge in [0.05, 0.1) is 11.4 Å². The monoisotopic (exact) mass is 258 g/mol. The molecular weight excluding hydrogens is 242 g/mol. The van der Waals surface area contributed by atoms with Gasteiger partial charge in [0.15, 0.2) is 0 Å². The Hall–Kier alpha value is -1.45. The fraction of sp³-hybridized carbons (Fsp3) is 0.267. The lowest BCUT2D eigenvalue weighted by Gasteiger charge is -2.25. The fourth-order valence-electron chi connectivity index (χ4n) is 2.55. The van der Waals surface area contributed by atoms with Crippen molar-refractivity contribution in [2.45, 2.75) is 13.0 Å². The third kappa shape index (κ3) is 2.37. The number of ketones is 1. The molecule has 92 valence electrons. The Balaban J connectivity index is 1.68. The van der Waals surface area contributed by atoms with Crippen LogP contribution in [-0.2, 0) is 13.0 Å². The van der Waals surface area contributed by atoms with Crippen LogP contribution in [-0.4, -0.2) is 18.9 Å². The number of Topliss-reactive ketones (excluding diaryl/α,β-unsaturated/α-hetero) is 1. The third-order valence-electron chi connectivity index (χ3n) is 3.51. The van der Waals surface area contributed by atoms with Crippen LogP contribution in [0, 0.1) is 0 Å². The van der Waals surface area contributed by atoms with Gasteiger partial charge in [0.25, 0.3) is 0 Å². The topological polar surface area (TPSA) is 21.5 Å². The number of nitrogens with one attached hydrogen (secondary N) is 1. The summed E-state index contributed by atoms with van der Waals surface area (Å²) >= 11 is 1.54. The largest absolute Gasteiger partial charge is 0.324 e. The van der Waals surface area contributed by atoms with Crippen LogP contribution < -0.4 is 4.90 Å². The van der Waals surface area contributed by atoms with Gasteiger partial charge >= 0.3 is 0 Å². The van der Waals surface area contributed by atoms with Crippen molar-refractivity contribution in [3.8, 4) is 0 Å². The summed E-state index contributed by atoms with van der Waals surface area (Å²) in [5.41, 5.74) is 2.85. The van der Waals surface area contributed by atoms with Gasteiger partial charge in [0, 0.05) is 12.0 Å². The Kier molecular flexibility index (Phi) is 3.26. The molecule has 0 amide bonds. The lowest BCUT2D eigenvalue weighted by molar-refractivity contribution is -0.907. The molecule has 2 heterocycles. The van der Waals surface area contributed by atoms with Crippen molar-refractivity contribution in [1.82, 2.24) is 0 Å². The standard InChI is InChI=1S/C15H15NOS/c17-14(15-6-3-9-18-15)11-16-8-7-12-4-1-2-5-13(12)10-16/h1-6,9H,7-8,10-11H2/p+1. The van der Waals surface area contributed by atoms with Crippen LogP contribution in [0.5, 0.6) is 0 Å². The maximum atomic E-state index is 12.1. The van der Waals surface area contributed by atoms with Crippen molar-refractivity contribution in [2.24, 2.45) is 0 Å². The summed E-state index contributed by atoms with van der Waals surface area (Å²) < 4.78 is 0. The second kappa shape index (κ2) is 5.04. The minimum atomic E-state index is 0.277. The molecule has 1 N–H and O–H groups in total. The Bertz CT molecular complexity index is 547. The Morgan fingerprint density at radius 3 is 2.78 bits per heavy atom. The highest BCUT2D eigenvalue weighted by atomic mass is 32.1. The van der Waals surface area contributed by atoms with E-state index in [2.05, 4.69) is 24.3 Å². The summed E-state index contributed by atoms with van der Waals surface area (Å²) in [6.07, 6.45) is 1.09. The van der Waals surface area contributed by atoms with Crippen LogP contribution in [0.1, 0.15) is 20.8 Å². The minimum absolute atomic E-state index is 0.277. The van der Waals surface area contributed by atoms with Gasteiger partial charge in [-0.2, -0.15) is 0 Å². The molecule has 1 aromatic heterocycles. The van der Waals surface area contributed by atoms with E-state index in [4.69, 9.17) is 0 Å². The maximum Gasteiger partial charge on any atom is 0.226 e. The SMILES string of the molecule is O=C(C[NH+]1CCc2ccccc2C1)c1cccs1. The van der Waals surface area contributed by atoms with Gasteiger partial charge in [-0.15, -0.1) is 11.3 Å². The van der Waals surface area contributed by atoms with E-state index in [1.54, 1.807) is 11.3 Å². The second-order valence-corrected chi connectivity index (χ2v) is 5.72. The van der Waals surface area contributed by atoms with E-state index in [1.165, 1.54) is 16.0 Å². The Morgan fingerprint density at radius 1 is 1.17 bits per heavy atom. The number of rotatable bonds is 3. The number of quaternary nitrogens is 1. The van der Waals surface area contributed by atoms with Crippen molar-refractivity contribution in [3.05, 3.63) is 57.8 Å². The highest BCUT2D eigenvalue weighted by Crippen LogP contribution is 2.11. The smallest absolute Gasteiger partial charge is 0.226 e. The number of fused-ring (bicyclic) bond motifs is 1. The molecular formula is C15H16NOS+. The normalized spacial score (nSPS) is 18.3. The number of hydrogen-bond donors (Lipinski definition) is 1. The maximum absolute atomic E-state index is 12.1. The molecule has 0 fully saturated rings. The molecule has 3 heteroatoms. The molecule has 1 aliphatic rings. The summed E-state index contributed by atoms with van der Waals surface area (Å²) in [7, 11) is 0. The van der Waals surface area contributed by atoms with Crippen molar-refractivity contribution in [3.63, 3.8) is 0 Å². The van der Waals surface area contributed by atoms with Gasteiger partial charge in [-0.1, -0.05) is 30.3 Å². The molecule has 0 spiro atoms. The summed E-state index contributed by atoms with van der Waals surface area (Å²) in [6.45, 7) is 2.66. The summed E-state index contributed by atoms with van der Waals surface area (Å²) in [5.74, 6) is 0.277. The average molecular weight is 258 g/mol. The molecule has 0 saturated carbocycles. The molecule has 2 nitrogen and oxygen atoms in total. The molecule has 18 heavy (non-hydrogen) atoms. The molecule has 2 aromatic rings. The van der Waals surface area contributed by atoms with Gasteiger partial charge in [0.2, 0.25) is 5.78 Å². The fourth-order valence-corrected chi connectivity index (χ4v) is 3.21. The molecule has 0 aliphatic carbocycles. The van der Waals surface area contributed by atoms with Gasteiger partial charge < -0.3 is 4.90 Å². The quantitative estimate of drug-likeness (QED) is 0.829. The minimum Gasteiger partial charge on any atom is -0.324 e. The number of hydrogen-bond acceptors (Lipinski definition) is 2. The Morgan fingerprint density at radius 2 is 2.00 bits per heavy atom. The van der Waals surface area contributed by atoms with Crippen molar-refractivity contribution in [2.75, 3.05) is 13.1 Å². The zero-order valence-electron chi connectivity index (χ0n) is 10.2. The molecule has 0 radical (unpaired) electrons. The van der Waals surface area contributed by atoms with Crippen LogP contribution in [0.2, 0.25) is 0 Å². The third-order valence-corrected chi connectivity index (χ3v) is 4.42. The first kappa shape index (κ1) is 11.6. The number of carbonyl (C=O) groups is 1. The average Bonchev–Trinajstić information content (AvgIpc) is 2.92. The van der Waals surface area contributed by atoms with Gasteiger partial charge in [-0.05, 0) is 17.0 Å². The molecule has 0 bridgehead atoms. The number of benzene rings is 1. The first-order valence-corrected chi connectivity index (χ1v) is 7.18. The molecule has 0 saturated heterocycles. The highest BCUT2D eigenvalue weighted by Gasteiger charge is 2.22. The lowest BCUT2D eigenvalue weighted by Crippen LogP contribution is -3.12. The van der Waals surface area contributed by atoms with Crippen molar-refractivity contribution in [1.29, 1.82) is 0 Å². The van der Waals surface area contributed by atoms with E-state index < -0.39 is 0 Å². The number of thiophene rings is 1. The summed E-state index contributed by atoms with van der Waals surface area (Å²) in [5, 5.41) is 1.97. The molecule has 1 aliphatic heterocycles. The van der Waals surface area contributed by atoms with Crippen LogP contribution >= 0.6 is 11.3 Å². The highest BCUT2D eigenvalue weighted by molar-refractivity contribution is 7.12. The zero-order valence-corrected chi connectivity index (χ0v) is 11.0. The first-order valence-electron chi connectivity index (χ1n) is 6.30. The van der Waals surface area contributed by atoms with Gasteiger partial charge in [-0.25, -0.2) is 0 Å². The Labute approximate surface area is 111 Å². The van der Waals surface area contributed by atoms with Crippen LogP contribution in [0.25, 0.3) is 0 Å². The first-order chi connectivity index (χ1) is 8.83. The van der Waals surface area contributed by atoms with Crippen molar-refractivity contribution < 1.29 is 9.69 Å². The molecule has 3 rings (SSSR count). The van der Waals surface area contributed by atoms with Crippen LogP contribution in [0.4, 0.5) is 0 Å². The van der Waals surface area contributed by atoms with E-state index in [-0.39, 0.29) is 5.78 Å². The van der Waals surface area contributed by atoms with Gasteiger partial charge in [-0.3, -0.25) is 4.79 Å². The van der Waals surface area contributed by atoms with Gasteiger partial charge in [0.1, 0.15) is 13.1 Å². The lowest BCUT2D eigenvalue weighted by atomic mass is 10.00. The van der Waals surface area contributed by atoms with E-state index in [0.717, 1.165) is 24.4 Å². The predicted molar refractivity (Wildman–Crippen MR) is 73.2 cm³/mol. The van der Waals surface area contributed by atoms with Crippen LogP contribution in [0.3, 0.4) is 0 Å². The van der Waals surface area contributed by atoms with E-state index in [1.807, 2.05) is 17.5 Å². The molecule has 1 unspecified atom stereocenters. The predicted octanol–water partition coefficient (Wildman–Crippen LogP) is 1.57. The van der Waals surface area contributed by atoms with E-state index in [9.17, 15) is 4.79 Å². The van der Waals surface area contributed by atoms with E-state index in [0.29, 0.717) is 6.54 Å². The van der Waals surface area contributed by atoms with Crippen LogP contribution in [0.15, 0.2) is 41.8 Å². The summed E-state index contributed by atoms with van der Waals surface area (Å²) in [6, 6.07) is 12.4. The zero-order chi connectivity index (χ0) is 12.4. The van der Waals surface area contributed by atoms with E-state index >= 15 is 0 Å². The molecule has 1 aromatic carbocycles. The number of carbonyl (C=O) groups excluding carboxylic acids is 1. The van der Waals surface area contributed by atoms with Crippen molar-refractivity contribution >= 4 is 17.1 Å². The summed E-state index contributed by atoms with van der Waals surface area (Å²) in [4.78, 5) is 14.3. The second-order valence-electron chi connectivity index (χ2n) is 4.77.